The molecule has 0 saturated carbocycles. The van der Waals surface area contributed by atoms with E-state index in [0.717, 1.165) is 6.54 Å². The van der Waals surface area contributed by atoms with E-state index < -0.39 is 0 Å². The van der Waals surface area contributed by atoms with E-state index >= 15 is 0 Å². The maximum Gasteiger partial charge on any atom is 0.133 e. The molecule has 1 atom stereocenters. The van der Waals surface area contributed by atoms with E-state index in [1.54, 1.807) is 0 Å². The van der Waals surface area contributed by atoms with Crippen LogP contribution in [0.4, 0.5) is 0 Å². The number of nitrogens with zero attached hydrogens (tertiary/aromatic N) is 1. The highest BCUT2D eigenvalue weighted by atomic mass is 31.0. The Morgan fingerprint density at radius 2 is 2.22 bits per heavy atom. The van der Waals surface area contributed by atoms with E-state index in [-0.39, 0.29) is 0 Å². The molecule has 0 aromatic carbocycles. The molecule has 0 saturated heterocycles. The molecule has 0 aliphatic rings. The number of ketones is 1. The van der Waals surface area contributed by atoms with Gasteiger partial charge in [0, 0.05) is 19.4 Å². The van der Waals surface area contributed by atoms with Crippen LogP contribution in [0.25, 0.3) is 0 Å². The molecule has 0 aromatic heterocycles. The van der Waals surface area contributed by atoms with Crippen molar-refractivity contribution in [2.75, 3.05) is 13.6 Å². The molecule has 0 amide bonds. The Morgan fingerprint density at radius 1 is 1.67 bits per heavy atom. The van der Waals surface area contributed by atoms with Gasteiger partial charge in [-0.05, 0) is 7.05 Å². The van der Waals surface area contributed by atoms with Crippen LogP contribution in [0.2, 0.25) is 0 Å². The van der Waals surface area contributed by atoms with Crippen LogP contribution in [0.1, 0.15) is 19.8 Å². The smallest absolute Gasteiger partial charge is 0.133 e. The SMILES string of the molecule is CCC(=O)CCN(C)P. The lowest BCUT2D eigenvalue weighted by atomic mass is 10.2. The second-order valence-electron chi connectivity index (χ2n) is 2.12. The van der Waals surface area contributed by atoms with Crippen molar-refractivity contribution in [1.82, 2.24) is 4.67 Å². The Morgan fingerprint density at radius 3 is 2.56 bits per heavy atom. The Labute approximate surface area is 58.9 Å². The van der Waals surface area contributed by atoms with Gasteiger partial charge in [0.25, 0.3) is 0 Å². The number of Topliss-reactive ketones (excluding diaryl/α,β-unsaturated/α-hetero) is 1. The van der Waals surface area contributed by atoms with Gasteiger partial charge in [-0.2, -0.15) is 0 Å². The van der Waals surface area contributed by atoms with Crippen LogP contribution in [0, 0.1) is 0 Å². The number of carbonyl (C=O) groups is 1. The summed E-state index contributed by atoms with van der Waals surface area (Å²) in [6, 6.07) is 0. The maximum absolute atomic E-state index is 10.7. The monoisotopic (exact) mass is 147 g/mol. The van der Waals surface area contributed by atoms with Crippen LogP contribution in [0.3, 0.4) is 0 Å². The molecule has 9 heavy (non-hydrogen) atoms. The number of hydrogen-bond acceptors (Lipinski definition) is 2. The molecule has 0 aliphatic carbocycles. The lowest BCUT2D eigenvalue weighted by Gasteiger charge is -2.06. The van der Waals surface area contributed by atoms with Gasteiger partial charge in [-0.1, -0.05) is 16.3 Å². The first kappa shape index (κ1) is 9.06. The summed E-state index contributed by atoms with van der Waals surface area (Å²) in [5.74, 6) is 0.337. The Kier molecular flexibility index (Phi) is 4.93. The van der Waals surface area contributed by atoms with Crippen molar-refractivity contribution in [3.05, 3.63) is 0 Å². The quantitative estimate of drug-likeness (QED) is 0.554. The van der Waals surface area contributed by atoms with Gasteiger partial charge in [0.1, 0.15) is 5.78 Å². The minimum Gasteiger partial charge on any atom is -0.300 e. The summed E-state index contributed by atoms with van der Waals surface area (Å²) < 4.78 is 1.94. The van der Waals surface area contributed by atoms with Gasteiger partial charge < -0.3 is 0 Å². The highest BCUT2D eigenvalue weighted by Crippen LogP contribution is 1.96. The van der Waals surface area contributed by atoms with Crippen molar-refractivity contribution in [2.45, 2.75) is 19.8 Å². The van der Waals surface area contributed by atoms with Gasteiger partial charge in [-0.25, -0.2) is 0 Å². The molecule has 2 nitrogen and oxygen atoms in total. The highest BCUT2D eigenvalue weighted by molar-refractivity contribution is 7.13. The first-order chi connectivity index (χ1) is 4.16. The third-order valence-corrected chi connectivity index (χ3v) is 1.40. The summed E-state index contributed by atoms with van der Waals surface area (Å²) in [6.45, 7) is 2.74. The molecular formula is C6H14NOP. The fourth-order valence-corrected chi connectivity index (χ4v) is 0.607. The molecule has 0 heterocycles. The fraction of sp³-hybridized carbons (Fsp3) is 0.833. The zero-order chi connectivity index (χ0) is 7.28. The van der Waals surface area contributed by atoms with Crippen molar-refractivity contribution in [1.29, 1.82) is 0 Å². The summed E-state index contributed by atoms with van der Waals surface area (Å²) in [6.07, 6.45) is 1.34. The molecule has 3 heteroatoms. The minimum atomic E-state index is 0.337. The standard InChI is InChI=1S/C6H14NOP/c1-3-6(8)4-5-7(2)9/h3-5,9H2,1-2H3. The largest absolute Gasteiger partial charge is 0.300 e. The second kappa shape index (κ2) is 4.89. The summed E-state index contributed by atoms with van der Waals surface area (Å²) >= 11 is 0. The van der Waals surface area contributed by atoms with E-state index in [9.17, 15) is 4.79 Å². The molecule has 0 aromatic rings. The summed E-state index contributed by atoms with van der Waals surface area (Å²) in [4.78, 5) is 10.7. The molecule has 0 bridgehead atoms. The van der Waals surface area contributed by atoms with Gasteiger partial charge in [0.2, 0.25) is 0 Å². The van der Waals surface area contributed by atoms with Crippen LogP contribution >= 0.6 is 9.39 Å². The number of rotatable bonds is 4. The molecule has 0 radical (unpaired) electrons. The van der Waals surface area contributed by atoms with E-state index in [0.29, 0.717) is 18.6 Å². The molecule has 0 rings (SSSR count). The minimum absolute atomic E-state index is 0.337. The first-order valence-corrected chi connectivity index (χ1v) is 3.66. The summed E-state index contributed by atoms with van der Waals surface area (Å²) in [7, 11) is 4.46. The Hall–Kier alpha value is 0.0600. The van der Waals surface area contributed by atoms with Crippen molar-refractivity contribution in [2.24, 2.45) is 0 Å². The van der Waals surface area contributed by atoms with Crippen molar-refractivity contribution < 1.29 is 4.79 Å². The van der Waals surface area contributed by atoms with E-state index in [4.69, 9.17) is 0 Å². The predicted octanol–water partition coefficient (Wildman–Crippen LogP) is 1.08. The van der Waals surface area contributed by atoms with Crippen LogP contribution in [-0.4, -0.2) is 24.0 Å². The van der Waals surface area contributed by atoms with E-state index in [2.05, 4.69) is 9.39 Å². The fourth-order valence-electron chi connectivity index (χ4n) is 0.478. The lowest BCUT2D eigenvalue weighted by molar-refractivity contribution is -0.118. The number of carbonyl (C=O) groups excluding carboxylic acids is 1. The average molecular weight is 147 g/mol. The maximum atomic E-state index is 10.7. The zero-order valence-corrected chi connectivity index (χ0v) is 7.21. The third-order valence-electron chi connectivity index (χ3n) is 1.14. The number of hydrogen-bond donors (Lipinski definition) is 0. The predicted molar refractivity (Wildman–Crippen MR) is 42.3 cm³/mol. The lowest BCUT2D eigenvalue weighted by Crippen LogP contribution is -2.10. The van der Waals surface area contributed by atoms with Gasteiger partial charge in [0.15, 0.2) is 0 Å². The molecular weight excluding hydrogens is 133 g/mol. The molecule has 0 spiro atoms. The summed E-state index contributed by atoms with van der Waals surface area (Å²) in [5.41, 5.74) is 0. The third kappa shape index (κ3) is 5.94. The first-order valence-electron chi connectivity index (χ1n) is 3.14. The molecule has 1 unspecified atom stereocenters. The topological polar surface area (TPSA) is 20.3 Å². The van der Waals surface area contributed by atoms with Gasteiger partial charge in [0.05, 0.1) is 0 Å². The Balaban J connectivity index is 3.17. The van der Waals surface area contributed by atoms with Gasteiger partial charge in [-0.15, -0.1) is 0 Å². The van der Waals surface area contributed by atoms with Crippen molar-refractivity contribution in [3.63, 3.8) is 0 Å². The van der Waals surface area contributed by atoms with Crippen LogP contribution < -0.4 is 0 Å². The van der Waals surface area contributed by atoms with Gasteiger partial charge in [-0.3, -0.25) is 9.46 Å². The molecule has 54 valence electrons. The molecule has 0 aliphatic heterocycles. The Bertz CT molecular complexity index is 93.1. The summed E-state index contributed by atoms with van der Waals surface area (Å²) in [5, 5.41) is 0. The van der Waals surface area contributed by atoms with E-state index in [1.807, 2.05) is 18.6 Å². The normalized spacial score (nSPS) is 10.2. The highest BCUT2D eigenvalue weighted by Gasteiger charge is 1.97. The van der Waals surface area contributed by atoms with Crippen LogP contribution in [0.15, 0.2) is 0 Å². The average Bonchev–Trinajstić information content (AvgIpc) is 1.83. The molecule has 0 fully saturated rings. The van der Waals surface area contributed by atoms with Crippen LogP contribution in [-0.2, 0) is 4.79 Å². The molecule has 0 N–H and O–H groups in total. The second-order valence-corrected chi connectivity index (χ2v) is 3.00. The van der Waals surface area contributed by atoms with Gasteiger partial charge >= 0.3 is 0 Å². The van der Waals surface area contributed by atoms with Crippen LogP contribution in [0.5, 0.6) is 0 Å². The van der Waals surface area contributed by atoms with Crippen molar-refractivity contribution in [3.8, 4) is 0 Å². The van der Waals surface area contributed by atoms with E-state index in [1.165, 1.54) is 0 Å². The van der Waals surface area contributed by atoms with Crippen molar-refractivity contribution >= 4 is 15.2 Å². The zero-order valence-electron chi connectivity index (χ0n) is 6.05.